The third kappa shape index (κ3) is 2.68. The van der Waals surface area contributed by atoms with Crippen LogP contribution in [0.2, 0.25) is 0 Å². The SMILES string of the molecule is CCc1c(C)c2ccc3c(c2oc1=O)N=C(c1ccc(Br)cc1)CO3. The maximum absolute atomic E-state index is 12.3. The lowest BCUT2D eigenvalue weighted by Gasteiger charge is -2.18. The van der Waals surface area contributed by atoms with Gasteiger partial charge in [-0.1, -0.05) is 35.0 Å². The van der Waals surface area contributed by atoms with Crippen molar-refractivity contribution in [3.05, 3.63) is 68.0 Å². The van der Waals surface area contributed by atoms with Gasteiger partial charge in [-0.2, -0.15) is 0 Å². The Bertz CT molecular complexity index is 1060. The molecular formula is C20H16BrNO3. The van der Waals surface area contributed by atoms with Gasteiger partial charge in [0, 0.05) is 15.4 Å². The first-order valence-corrected chi connectivity index (χ1v) is 8.93. The van der Waals surface area contributed by atoms with Crippen molar-refractivity contribution in [1.29, 1.82) is 0 Å². The van der Waals surface area contributed by atoms with Crippen LogP contribution in [-0.4, -0.2) is 12.3 Å². The molecule has 0 saturated carbocycles. The first kappa shape index (κ1) is 16.1. The topological polar surface area (TPSA) is 51.8 Å². The van der Waals surface area contributed by atoms with Gasteiger partial charge in [0.2, 0.25) is 0 Å². The van der Waals surface area contributed by atoms with Crippen molar-refractivity contribution >= 4 is 38.3 Å². The van der Waals surface area contributed by atoms with E-state index in [1.807, 2.05) is 50.2 Å². The summed E-state index contributed by atoms with van der Waals surface area (Å²) < 4.78 is 12.5. The van der Waals surface area contributed by atoms with E-state index in [1.54, 1.807) is 0 Å². The van der Waals surface area contributed by atoms with Crippen molar-refractivity contribution in [2.45, 2.75) is 20.3 Å². The Morgan fingerprint density at radius 2 is 1.92 bits per heavy atom. The number of hydrogen-bond acceptors (Lipinski definition) is 4. The standard InChI is InChI=1S/C20H16BrNO3/c1-3-14-11(2)15-8-9-17-18(19(15)25-20(14)23)22-16(10-24-17)12-4-6-13(21)7-5-12/h4-9H,3,10H2,1-2H3. The zero-order chi connectivity index (χ0) is 17.6. The molecule has 5 heteroatoms. The largest absolute Gasteiger partial charge is 0.485 e. The maximum atomic E-state index is 12.3. The van der Waals surface area contributed by atoms with Crippen LogP contribution in [0, 0.1) is 6.92 Å². The molecule has 0 saturated heterocycles. The van der Waals surface area contributed by atoms with E-state index >= 15 is 0 Å². The van der Waals surface area contributed by atoms with Gasteiger partial charge in [-0.25, -0.2) is 9.79 Å². The van der Waals surface area contributed by atoms with E-state index < -0.39 is 0 Å². The Labute approximate surface area is 153 Å². The molecule has 0 amide bonds. The van der Waals surface area contributed by atoms with Crippen molar-refractivity contribution in [1.82, 2.24) is 0 Å². The molecule has 0 atom stereocenters. The first-order valence-electron chi connectivity index (χ1n) is 8.14. The van der Waals surface area contributed by atoms with Gasteiger partial charge in [-0.3, -0.25) is 0 Å². The summed E-state index contributed by atoms with van der Waals surface area (Å²) in [7, 11) is 0. The van der Waals surface area contributed by atoms with Crippen LogP contribution in [0.4, 0.5) is 5.69 Å². The van der Waals surface area contributed by atoms with Crippen LogP contribution in [0.3, 0.4) is 0 Å². The highest BCUT2D eigenvalue weighted by Crippen LogP contribution is 2.39. The molecule has 0 N–H and O–H groups in total. The highest BCUT2D eigenvalue weighted by Gasteiger charge is 2.21. The zero-order valence-corrected chi connectivity index (χ0v) is 15.5. The molecule has 0 spiro atoms. The van der Waals surface area contributed by atoms with Gasteiger partial charge in [-0.15, -0.1) is 0 Å². The summed E-state index contributed by atoms with van der Waals surface area (Å²) in [4.78, 5) is 17.1. The summed E-state index contributed by atoms with van der Waals surface area (Å²) in [6.45, 7) is 4.29. The van der Waals surface area contributed by atoms with Crippen LogP contribution >= 0.6 is 15.9 Å². The van der Waals surface area contributed by atoms with Crippen molar-refractivity contribution < 1.29 is 9.15 Å². The normalized spacial score (nSPS) is 13.3. The fourth-order valence-electron chi connectivity index (χ4n) is 3.16. The first-order chi connectivity index (χ1) is 12.1. The van der Waals surface area contributed by atoms with Gasteiger partial charge < -0.3 is 9.15 Å². The molecule has 1 aromatic heterocycles. The summed E-state index contributed by atoms with van der Waals surface area (Å²) in [6, 6.07) is 11.7. The fraction of sp³-hybridized carbons (Fsp3) is 0.200. The van der Waals surface area contributed by atoms with Crippen molar-refractivity contribution in [2.24, 2.45) is 4.99 Å². The number of benzene rings is 2. The Morgan fingerprint density at radius 1 is 1.16 bits per heavy atom. The van der Waals surface area contributed by atoms with E-state index in [0.717, 1.165) is 26.7 Å². The fourth-order valence-corrected chi connectivity index (χ4v) is 3.42. The highest BCUT2D eigenvalue weighted by atomic mass is 79.9. The van der Waals surface area contributed by atoms with Crippen molar-refractivity contribution in [2.75, 3.05) is 6.61 Å². The molecule has 2 heterocycles. The average molecular weight is 398 g/mol. The van der Waals surface area contributed by atoms with Gasteiger partial charge >= 0.3 is 5.63 Å². The lowest BCUT2D eigenvalue weighted by Crippen LogP contribution is -2.17. The number of ether oxygens (including phenoxy) is 1. The van der Waals surface area contributed by atoms with Crippen LogP contribution in [0.5, 0.6) is 5.75 Å². The summed E-state index contributed by atoms with van der Waals surface area (Å²) in [5.41, 5.74) is 4.23. The number of aryl methyl sites for hydroxylation is 1. The zero-order valence-electron chi connectivity index (χ0n) is 13.9. The monoisotopic (exact) mass is 397 g/mol. The summed E-state index contributed by atoms with van der Waals surface area (Å²) in [5, 5.41) is 0.902. The molecular weight excluding hydrogens is 382 g/mol. The third-order valence-electron chi connectivity index (χ3n) is 4.53. The van der Waals surface area contributed by atoms with Gasteiger partial charge in [0.05, 0.1) is 5.71 Å². The Morgan fingerprint density at radius 3 is 2.64 bits per heavy atom. The predicted molar refractivity (Wildman–Crippen MR) is 102 cm³/mol. The molecule has 4 rings (SSSR count). The number of fused-ring (bicyclic) bond motifs is 3. The molecule has 0 bridgehead atoms. The predicted octanol–water partition coefficient (Wildman–Crippen LogP) is 4.94. The molecule has 0 unspecified atom stereocenters. The van der Waals surface area contributed by atoms with Gasteiger partial charge in [0.25, 0.3) is 0 Å². The molecule has 2 aromatic carbocycles. The van der Waals surface area contributed by atoms with Gasteiger partial charge in [0.15, 0.2) is 5.58 Å². The lowest BCUT2D eigenvalue weighted by molar-refractivity contribution is 0.372. The molecule has 0 fully saturated rings. The van der Waals surface area contributed by atoms with Gasteiger partial charge in [0.1, 0.15) is 18.0 Å². The van der Waals surface area contributed by atoms with Crippen LogP contribution in [0.1, 0.15) is 23.6 Å². The number of hydrogen-bond donors (Lipinski definition) is 0. The molecule has 3 aromatic rings. The lowest BCUT2D eigenvalue weighted by atomic mass is 10.0. The minimum Gasteiger partial charge on any atom is -0.485 e. The molecule has 25 heavy (non-hydrogen) atoms. The summed E-state index contributed by atoms with van der Waals surface area (Å²) in [6.07, 6.45) is 0.644. The Kier molecular flexibility index (Phi) is 3.96. The van der Waals surface area contributed by atoms with Gasteiger partial charge in [-0.05, 0) is 48.7 Å². The molecule has 1 aliphatic rings. The van der Waals surface area contributed by atoms with Crippen molar-refractivity contribution in [3.63, 3.8) is 0 Å². The minimum absolute atomic E-state index is 0.299. The number of aliphatic imine (C=N–C) groups is 1. The molecule has 1 aliphatic heterocycles. The Balaban J connectivity index is 1.95. The van der Waals surface area contributed by atoms with E-state index in [4.69, 9.17) is 14.1 Å². The molecule has 4 nitrogen and oxygen atoms in total. The second kappa shape index (κ2) is 6.15. The average Bonchev–Trinajstić information content (AvgIpc) is 2.62. The van der Waals surface area contributed by atoms with Crippen LogP contribution < -0.4 is 10.4 Å². The number of halogens is 1. The smallest absolute Gasteiger partial charge is 0.339 e. The van der Waals surface area contributed by atoms with E-state index in [2.05, 4.69) is 15.9 Å². The number of rotatable bonds is 2. The van der Waals surface area contributed by atoms with E-state index in [-0.39, 0.29) is 5.63 Å². The highest BCUT2D eigenvalue weighted by molar-refractivity contribution is 9.10. The Hall–Kier alpha value is -2.40. The van der Waals surface area contributed by atoms with Crippen LogP contribution in [0.25, 0.3) is 11.0 Å². The summed E-state index contributed by atoms with van der Waals surface area (Å²) in [5.74, 6) is 0.639. The van der Waals surface area contributed by atoms with Crippen LogP contribution in [-0.2, 0) is 6.42 Å². The number of nitrogens with zero attached hydrogens (tertiary/aromatic N) is 1. The minimum atomic E-state index is -0.299. The molecule has 0 radical (unpaired) electrons. The van der Waals surface area contributed by atoms with E-state index in [0.29, 0.717) is 35.6 Å². The quantitative estimate of drug-likeness (QED) is 0.575. The van der Waals surface area contributed by atoms with Crippen LogP contribution in [0.15, 0.2) is 55.1 Å². The summed E-state index contributed by atoms with van der Waals surface area (Å²) >= 11 is 3.44. The third-order valence-corrected chi connectivity index (χ3v) is 5.06. The van der Waals surface area contributed by atoms with Crippen molar-refractivity contribution in [3.8, 4) is 5.75 Å². The second-order valence-corrected chi connectivity index (χ2v) is 6.91. The molecule has 0 aliphatic carbocycles. The molecule has 126 valence electrons. The van der Waals surface area contributed by atoms with E-state index in [1.165, 1.54) is 0 Å². The maximum Gasteiger partial charge on any atom is 0.339 e. The van der Waals surface area contributed by atoms with E-state index in [9.17, 15) is 4.79 Å². The second-order valence-electron chi connectivity index (χ2n) is 5.99.